The van der Waals surface area contributed by atoms with Crippen molar-refractivity contribution < 1.29 is 14.6 Å². The molecule has 0 unspecified atom stereocenters. The van der Waals surface area contributed by atoms with Gasteiger partial charge in [-0.2, -0.15) is 0 Å². The highest BCUT2D eigenvalue weighted by atomic mass is 35.5. The molecule has 0 radical (unpaired) electrons. The Labute approximate surface area is 99.2 Å². The minimum atomic E-state index is -0.560. The molecule has 16 heavy (non-hydrogen) atoms. The second kappa shape index (κ2) is 6.35. The summed E-state index contributed by atoms with van der Waals surface area (Å²) in [5.74, 6) is 0.264. The maximum atomic E-state index is 11.2. The van der Waals surface area contributed by atoms with Gasteiger partial charge < -0.3 is 15.2 Å². The van der Waals surface area contributed by atoms with E-state index in [-0.39, 0.29) is 19.1 Å². The summed E-state index contributed by atoms with van der Waals surface area (Å²) in [7, 11) is 0. The van der Waals surface area contributed by atoms with Gasteiger partial charge in [-0.15, -0.1) is 0 Å². The van der Waals surface area contributed by atoms with Gasteiger partial charge in [0.05, 0.1) is 6.10 Å². The summed E-state index contributed by atoms with van der Waals surface area (Å²) in [4.78, 5) is 11.2. The monoisotopic (exact) mass is 243 g/mol. The lowest BCUT2D eigenvalue weighted by atomic mass is 10.3. The number of nitrogens with one attached hydrogen (secondary N) is 1. The molecule has 0 spiro atoms. The second-order valence-electron chi connectivity index (χ2n) is 3.40. The smallest absolute Gasteiger partial charge is 0.258 e. The van der Waals surface area contributed by atoms with Crippen LogP contribution in [0.4, 0.5) is 0 Å². The fourth-order valence-electron chi connectivity index (χ4n) is 1.02. The minimum Gasteiger partial charge on any atom is -0.484 e. The van der Waals surface area contributed by atoms with Gasteiger partial charge in [-0.25, -0.2) is 0 Å². The van der Waals surface area contributed by atoms with Crippen LogP contribution in [0.2, 0.25) is 5.02 Å². The van der Waals surface area contributed by atoms with Gasteiger partial charge in [0.2, 0.25) is 0 Å². The molecule has 0 aliphatic carbocycles. The molecule has 1 aromatic rings. The highest BCUT2D eigenvalue weighted by Gasteiger charge is 2.04. The number of halogens is 1. The first kappa shape index (κ1) is 12.8. The Morgan fingerprint density at radius 1 is 1.62 bits per heavy atom. The number of hydrogen-bond acceptors (Lipinski definition) is 3. The van der Waals surface area contributed by atoms with Crippen LogP contribution in [0.25, 0.3) is 0 Å². The van der Waals surface area contributed by atoms with E-state index < -0.39 is 6.10 Å². The predicted octanol–water partition coefficient (Wildman–Crippen LogP) is 1.22. The number of carbonyl (C=O) groups excluding carboxylic acids is 1. The number of benzene rings is 1. The third-order valence-corrected chi connectivity index (χ3v) is 2.00. The fraction of sp³-hybridized carbons (Fsp3) is 0.364. The molecule has 0 saturated heterocycles. The summed E-state index contributed by atoms with van der Waals surface area (Å²) in [6.07, 6.45) is -0.560. The molecule has 0 heterocycles. The van der Waals surface area contributed by atoms with Gasteiger partial charge in [-0.05, 0) is 25.1 Å². The van der Waals surface area contributed by atoms with Crippen molar-refractivity contribution in [2.75, 3.05) is 13.2 Å². The van der Waals surface area contributed by atoms with Gasteiger partial charge in [0.15, 0.2) is 6.61 Å². The molecule has 88 valence electrons. The van der Waals surface area contributed by atoms with Crippen molar-refractivity contribution >= 4 is 17.5 Å². The first-order chi connectivity index (χ1) is 7.58. The molecule has 0 fully saturated rings. The van der Waals surface area contributed by atoms with E-state index in [0.29, 0.717) is 10.8 Å². The third-order valence-electron chi connectivity index (χ3n) is 1.76. The van der Waals surface area contributed by atoms with Gasteiger partial charge in [0.1, 0.15) is 5.75 Å². The van der Waals surface area contributed by atoms with Crippen LogP contribution < -0.4 is 10.1 Å². The summed E-state index contributed by atoms with van der Waals surface area (Å²) in [6.45, 7) is 1.73. The van der Waals surface area contributed by atoms with Crippen molar-refractivity contribution in [3.63, 3.8) is 0 Å². The Morgan fingerprint density at radius 2 is 2.38 bits per heavy atom. The van der Waals surface area contributed by atoms with E-state index in [1.807, 2.05) is 0 Å². The van der Waals surface area contributed by atoms with Crippen molar-refractivity contribution in [1.82, 2.24) is 5.32 Å². The van der Waals surface area contributed by atoms with E-state index in [4.69, 9.17) is 21.4 Å². The lowest BCUT2D eigenvalue weighted by Crippen LogP contribution is -2.34. The molecule has 0 bridgehead atoms. The van der Waals surface area contributed by atoms with Crippen molar-refractivity contribution in [3.8, 4) is 5.75 Å². The molecular formula is C11H14ClNO3. The quantitative estimate of drug-likeness (QED) is 0.818. The van der Waals surface area contributed by atoms with Crippen LogP contribution in [0.5, 0.6) is 5.75 Å². The molecule has 0 aromatic heterocycles. The molecular weight excluding hydrogens is 230 g/mol. The van der Waals surface area contributed by atoms with Crippen LogP contribution in [-0.4, -0.2) is 30.3 Å². The normalized spacial score (nSPS) is 11.9. The molecule has 0 aliphatic heterocycles. The predicted molar refractivity (Wildman–Crippen MR) is 61.6 cm³/mol. The number of aliphatic hydroxyl groups excluding tert-OH is 1. The average Bonchev–Trinajstić information content (AvgIpc) is 2.23. The van der Waals surface area contributed by atoms with Crippen LogP contribution in [0.1, 0.15) is 6.92 Å². The number of amides is 1. The zero-order valence-corrected chi connectivity index (χ0v) is 9.70. The summed E-state index contributed by atoms with van der Waals surface area (Å²) in [5, 5.41) is 12.0. The van der Waals surface area contributed by atoms with Gasteiger partial charge >= 0.3 is 0 Å². The Kier molecular flexibility index (Phi) is 5.08. The number of hydrogen-bond donors (Lipinski definition) is 2. The summed E-state index contributed by atoms with van der Waals surface area (Å²) >= 11 is 5.75. The number of ether oxygens (including phenoxy) is 1. The standard InChI is InChI=1S/C11H14ClNO3/c1-8(14)6-13-11(15)7-16-10-4-2-3-9(12)5-10/h2-5,8,14H,6-7H2,1H3,(H,13,15)/t8-/m1/s1. The molecule has 1 atom stereocenters. The van der Waals surface area contributed by atoms with Crippen LogP contribution >= 0.6 is 11.6 Å². The van der Waals surface area contributed by atoms with Gasteiger partial charge in [-0.1, -0.05) is 17.7 Å². The van der Waals surface area contributed by atoms with Crippen LogP contribution in [0.15, 0.2) is 24.3 Å². The zero-order valence-electron chi connectivity index (χ0n) is 8.94. The molecule has 0 saturated carbocycles. The van der Waals surface area contributed by atoms with Crippen LogP contribution in [-0.2, 0) is 4.79 Å². The highest BCUT2D eigenvalue weighted by molar-refractivity contribution is 6.30. The first-order valence-corrected chi connectivity index (χ1v) is 5.29. The Hall–Kier alpha value is -1.26. The first-order valence-electron chi connectivity index (χ1n) is 4.91. The number of rotatable bonds is 5. The average molecular weight is 244 g/mol. The highest BCUT2D eigenvalue weighted by Crippen LogP contribution is 2.16. The summed E-state index contributed by atoms with van der Waals surface area (Å²) < 4.78 is 5.20. The van der Waals surface area contributed by atoms with Crippen molar-refractivity contribution in [2.45, 2.75) is 13.0 Å². The fourth-order valence-corrected chi connectivity index (χ4v) is 1.20. The van der Waals surface area contributed by atoms with Crippen molar-refractivity contribution in [2.24, 2.45) is 0 Å². The maximum Gasteiger partial charge on any atom is 0.258 e. The van der Waals surface area contributed by atoms with E-state index in [9.17, 15) is 4.79 Å². The van der Waals surface area contributed by atoms with E-state index in [2.05, 4.69) is 5.32 Å². The van der Waals surface area contributed by atoms with Crippen molar-refractivity contribution in [3.05, 3.63) is 29.3 Å². The minimum absolute atomic E-state index is 0.0902. The third kappa shape index (κ3) is 5.00. The Bertz CT molecular complexity index is 355. The summed E-state index contributed by atoms with van der Waals surface area (Å²) in [6, 6.07) is 6.81. The van der Waals surface area contributed by atoms with Crippen molar-refractivity contribution in [1.29, 1.82) is 0 Å². The number of carbonyl (C=O) groups is 1. The molecule has 2 N–H and O–H groups in total. The lowest BCUT2D eigenvalue weighted by molar-refractivity contribution is -0.123. The summed E-state index contributed by atoms with van der Waals surface area (Å²) in [5.41, 5.74) is 0. The molecule has 1 amide bonds. The largest absolute Gasteiger partial charge is 0.484 e. The molecule has 4 nitrogen and oxygen atoms in total. The Balaban J connectivity index is 2.31. The molecule has 1 aromatic carbocycles. The zero-order chi connectivity index (χ0) is 12.0. The number of aliphatic hydroxyl groups is 1. The maximum absolute atomic E-state index is 11.2. The SMILES string of the molecule is C[C@@H](O)CNC(=O)COc1cccc(Cl)c1. The second-order valence-corrected chi connectivity index (χ2v) is 3.84. The van der Waals surface area contributed by atoms with Crippen LogP contribution in [0, 0.1) is 0 Å². The molecule has 5 heteroatoms. The topological polar surface area (TPSA) is 58.6 Å². The lowest BCUT2D eigenvalue weighted by Gasteiger charge is -2.08. The van der Waals surface area contributed by atoms with Gasteiger partial charge in [-0.3, -0.25) is 4.79 Å². The van der Waals surface area contributed by atoms with E-state index >= 15 is 0 Å². The van der Waals surface area contributed by atoms with Gasteiger partial charge in [0, 0.05) is 11.6 Å². The Morgan fingerprint density at radius 3 is 3.00 bits per heavy atom. The molecule has 0 aliphatic rings. The molecule has 1 rings (SSSR count). The van der Waals surface area contributed by atoms with Crippen LogP contribution in [0.3, 0.4) is 0 Å². The van der Waals surface area contributed by atoms with E-state index in [1.54, 1.807) is 31.2 Å². The van der Waals surface area contributed by atoms with E-state index in [0.717, 1.165) is 0 Å². The van der Waals surface area contributed by atoms with Gasteiger partial charge in [0.25, 0.3) is 5.91 Å². The van der Waals surface area contributed by atoms with E-state index in [1.165, 1.54) is 0 Å².